The molecular formula is C27H23FN2O5. The normalized spacial score (nSPS) is 17.7. The van der Waals surface area contributed by atoms with Gasteiger partial charge in [-0.1, -0.05) is 48.5 Å². The standard InChI is InChI=1S/C27H23FN2O5/c28-16-9-10-21(26(32)33)24(12-16)30-25(31)22-11-15(22)13-29-27(34)35-14-23-19-7-3-1-5-17(19)18-6-2-4-8-20(18)23/h1-10,12,15,22-23H,11,13-14H2,(H,29,34)(H,30,31)(H,32,33)/t15-,22-/m1/s1. The predicted octanol–water partition coefficient (Wildman–Crippen LogP) is 4.64. The first-order chi connectivity index (χ1) is 16.9. The van der Waals surface area contributed by atoms with E-state index in [1.807, 2.05) is 36.4 Å². The summed E-state index contributed by atoms with van der Waals surface area (Å²) < 4.78 is 19.0. The van der Waals surface area contributed by atoms with E-state index in [-0.39, 0.29) is 36.2 Å². The molecule has 0 heterocycles. The number of hydrogen-bond donors (Lipinski definition) is 3. The van der Waals surface area contributed by atoms with Crippen LogP contribution in [0.1, 0.15) is 33.8 Å². The van der Waals surface area contributed by atoms with Gasteiger partial charge in [0.15, 0.2) is 0 Å². The third-order valence-electron chi connectivity index (χ3n) is 6.58. The van der Waals surface area contributed by atoms with Crippen molar-refractivity contribution in [3.8, 4) is 11.1 Å². The Morgan fingerprint density at radius 3 is 2.29 bits per heavy atom. The van der Waals surface area contributed by atoms with Crippen LogP contribution in [0.3, 0.4) is 0 Å². The van der Waals surface area contributed by atoms with Crippen LogP contribution in [0.15, 0.2) is 66.7 Å². The highest BCUT2D eigenvalue weighted by Crippen LogP contribution is 2.44. The van der Waals surface area contributed by atoms with E-state index in [2.05, 4.69) is 22.8 Å². The molecule has 3 N–H and O–H groups in total. The minimum Gasteiger partial charge on any atom is -0.478 e. The molecule has 0 spiro atoms. The number of hydrogen-bond acceptors (Lipinski definition) is 4. The molecule has 0 bridgehead atoms. The summed E-state index contributed by atoms with van der Waals surface area (Å²) >= 11 is 0. The third-order valence-corrected chi connectivity index (χ3v) is 6.58. The summed E-state index contributed by atoms with van der Waals surface area (Å²) in [5, 5.41) is 14.4. The molecule has 0 aromatic heterocycles. The highest BCUT2D eigenvalue weighted by molar-refractivity contribution is 6.02. The molecule has 1 saturated carbocycles. The minimum atomic E-state index is -1.26. The van der Waals surface area contributed by atoms with Crippen LogP contribution >= 0.6 is 0 Å². The molecule has 2 aliphatic carbocycles. The van der Waals surface area contributed by atoms with Gasteiger partial charge in [0.05, 0.1) is 11.3 Å². The van der Waals surface area contributed by atoms with Gasteiger partial charge >= 0.3 is 12.1 Å². The molecule has 178 valence electrons. The molecule has 3 aromatic rings. The Hall–Kier alpha value is -4.20. The summed E-state index contributed by atoms with van der Waals surface area (Å²) in [6, 6.07) is 19.3. The Balaban J connectivity index is 1.12. The Kier molecular flexibility index (Phi) is 5.94. The summed E-state index contributed by atoms with van der Waals surface area (Å²) in [7, 11) is 0. The second-order valence-electron chi connectivity index (χ2n) is 8.79. The fourth-order valence-corrected chi connectivity index (χ4v) is 4.69. The van der Waals surface area contributed by atoms with Crippen LogP contribution in [-0.2, 0) is 9.53 Å². The largest absolute Gasteiger partial charge is 0.478 e. The first-order valence-electron chi connectivity index (χ1n) is 11.3. The van der Waals surface area contributed by atoms with Crippen LogP contribution < -0.4 is 10.6 Å². The predicted molar refractivity (Wildman–Crippen MR) is 127 cm³/mol. The average Bonchev–Trinajstić information content (AvgIpc) is 3.56. The van der Waals surface area contributed by atoms with Crippen molar-refractivity contribution >= 4 is 23.7 Å². The Labute approximate surface area is 200 Å². The molecule has 5 rings (SSSR count). The van der Waals surface area contributed by atoms with Gasteiger partial charge in [-0.25, -0.2) is 14.0 Å². The number of nitrogens with one attached hydrogen (secondary N) is 2. The lowest BCUT2D eigenvalue weighted by atomic mass is 9.98. The third kappa shape index (κ3) is 4.59. The van der Waals surface area contributed by atoms with Gasteiger partial charge in [0.2, 0.25) is 5.91 Å². The summed E-state index contributed by atoms with van der Waals surface area (Å²) in [6.07, 6.45) is -0.0241. The molecule has 0 unspecified atom stereocenters. The van der Waals surface area contributed by atoms with Crippen molar-refractivity contribution in [2.24, 2.45) is 11.8 Å². The molecule has 8 heteroatoms. The number of aromatic carboxylic acids is 1. The van der Waals surface area contributed by atoms with E-state index < -0.39 is 29.7 Å². The Morgan fingerprint density at radius 1 is 0.971 bits per heavy atom. The maximum absolute atomic E-state index is 13.5. The summed E-state index contributed by atoms with van der Waals surface area (Å²) in [6.45, 7) is 0.454. The van der Waals surface area contributed by atoms with Gasteiger partial charge in [0.25, 0.3) is 0 Å². The van der Waals surface area contributed by atoms with Crippen LogP contribution in [0.2, 0.25) is 0 Å². The Morgan fingerprint density at radius 2 is 1.63 bits per heavy atom. The van der Waals surface area contributed by atoms with E-state index >= 15 is 0 Å². The van der Waals surface area contributed by atoms with Gasteiger partial charge in [-0.05, 0) is 52.8 Å². The minimum absolute atomic E-state index is 0.0395. The monoisotopic (exact) mass is 474 g/mol. The Bertz CT molecular complexity index is 1280. The molecule has 0 aliphatic heterocycles. The number of carbonyl (C=O) groups is 3. The molecule has 2 aliphatic rings. The van der Waals surface area contributed by atoms with Gasteiger partial charge in [-0.15, -0.1) is 0 Å². The molecule has 0 saturated heterocycles. The summed E-state index contributed by atoms with van der Waals surface area (Å²) in [5.74, 6) is -2.84. The number of halogens is 1. The number of rotatable bonds is 7. The number of amides is 2. The fourth-order valence-electron chi connectivity index (χ4n) is 4.69. The number of carbonyl (C=O) groups excluding carboxylic acids is 2. The maximum atomic E-state index is 13.5. The number of carboxylic acid groups (broad SMARTS) is 1. The second-order valence-corrected chi connectivity index (χ2v) is 8.79. The summed E-state index contributed by atoms with van der Waals surface area (Å²) in [4.78, 5) is 36.1. The van der Waals surface area contributed by atoms with Crippen molar-refractivity contribution in [1.82, 2.24) is 5.32 Å². The van der Waals surface area contributed by atoms with Crippen molar-refractivity contribution in [2.75, 3.05) is 18.5 Å². The number of alkyl carbamates (subject to hydrolysis) is 1. The highest BCUT2D eigenvalue weighted by atomic mass is 19.1. The zero-order valence-electron chi connectivity index (χ0n) is 18.7. The van der Waals surface area contributed by atoms with Crippen LogP contribution in [0.5, 0.6) is 0 Å². The van der Waals surface area contributed by atoms with Crippen molar-refractivity contribution in [3.05, 3.63) is 89.2 Å². The first kappa shape index (κ1) is 22.6. The lowest BCUT2D eigenvalue weighted by Gasteiger charge is -2.14. The van der Waals surface area contributed by atoms with E-state index in [0.717, 1.165) is 40.5 Å². The lowest BCUT2D eigenvalue weighted by molar-refractivity contribution is -0.117. The van der Waals surface area contributed by atoms with Gasteiger partial charge in [-0.2, -0.15) is 0 Å². The molecular weight excluding hydrogens is 451 g/mol. The molecule has 1 fully saturated rings. The average molecular weight is 474 g/mol. The van der Waals surface area contributed by atoms with Gasteiger partial charge < -0.3 is 20.5 Å². The maximum Gasteiger partial charge on any atom is 0.407 e. The smallest absolute Gasteiger partial charge is 0.407 e. The van der Waals surface area contributed by atoms with Crippen LogP contribution in [0.4, 0.5) is 14.9 Å². The van der Waals surface area contributed by atoms with E-state index in [4.69, 9.17) is 4.74 Å². The zero-order valence-corrected chi connectivity index (χ0v) is 18.7. The van der Waals surface area contributed by atoms with Gasteiger partial charge in [0.1, 0.15) is 12.4 Å². The van der Waals surface area contributed by atoms with Crippen molar-refractivity contribution < 1.29 is 28.6 Å². The highest BCUT2D eigenvalue weighted by Gasteiger charge is 2.43. The van der Waals surface area contributed by atoms with E-state index in [9.17, 15) is 23.9 Å². The van der Waals surface area contributed by atoms with E-state index in [1.165, 1.54) is 0 Å². The molecule has 2 amide bonds. The van der Waals surface area contributed by atoms with Gasteiger partial charge in [0, 0.05) is 18.4 Å². The number of ether oxygens (including phenoxy) is 1. The van der Waals surface area contributed by atoms with E-state index in [1.54, 1.807) is 0 Å². The molecule has 35 heavy (non-hydrogen) atoms. The lowest BCUT2D eigenvalue weighted by Crippen LogP contribution is -2.29. The number of anilines is 1. The zero-order chi connectivity index (χ0) is 24.5. The SMILES string of the molecule is O=C(NC[C@H]1C[C@H]1C(=O)Nc1cc(F)ccc1C(=O)O)OCC1c2ccccc2-c2ccccc21. The first-order valence-corrected chi connectivity index (χ1v) is 11.3. The number of benzene rings is 3. The fraction of sp³-hybridized carbons (Fsp3) is 0.222. The van der Waals surface area contributed by atoms with Gasteiger partial charge in [-0.3, -0.25) is 4.79 Å². The molecule has 7 nitrogen and oxygen atoms in total. The van der Waals surface area contributed by atoms with Crippen LogP contribution in [-0.4, -0.2) is 36.2 Å². The van der Waals surface area contributed by atoms with Crippen LogP contribution in [0, 0.1) is 17.7 Å². The van der Waals surface area contributed by atoms with Crippen molar-refractivity contribution in [2.45, 2.75) is 12.3 Å². The molecule has 2 atom stereocenters. The molecule has 0 radical (unpaired) electrons. The number of carboxylic acids is 1. The number of fused-ring (bicyclic) bond motifs is 3. The topological polar surface area (TPSA) is 105 Å². The molecule has 3 aromatic carbocycles. The van der Waals surface area contributed by atoms with Crippen LogP contribution in [0.25, 0.3) is 11.1 Å². The van der Waals surface area contributed by atoms with Crippen molar-refractivity contribution in [3.63, 3.8) is 0 Å². The van der Waals surface area contributed by atoms with Crippen molar-refractivity contribution in [1.29, 1.82) is 0 Å². The second kappa shape index (κ2) is 9.21. The summed E-state index contributed by atoms with van der Waals surface area (Å²) in [5.41, 5.74) is 4.27. The quantitative estimate of drug-likeness (QED) is 0.463. The van der Waals surface area contributed by atoms with E-state index in [0.29, 0.717) is 6.42 Å².